The van der Waals surface area contributed by atoms with Gasteiger partial charge in [0.1, 0.15) is 5.82 Å². The van der Waals surface area contributed by atoms with Crippen molar-refractivity contribution < 1.29 is 4.39 Å². The van der Waals surface area contributed by atoms with Gasteiger partial charge < -0.3 is 5.32 Å². The number of hydrogen-bond donors (Lipinski definition) is 1. The number of nitrogens with zero attached hydrogens (tertiary/aromatic N) is 1. The van der Waals surface area contributed by atoms with Gasteiger partial charge in [0.25, 0.3) is 0 Å². The molecule has 1 atom stereocenters. The fourth-order valence-corrected chi connectivity index (χ4v) is 4.23. The Hall–Kier alpha value is -0.930. The standard InChI is InChI=1S/C18H25FN2/c19-17-3-1-2-16-15(17)6-7-18(16)21(14-4-5-14)12-13-8-10-20-11-9-13/h1-3,13-14,18,20H,4-12H2. The van der Waals surface area contributed by atoms with Crippen molar-refractivity contribution in [3.05, 3.63) is 35.1 Å². The van der Waals surface area contributed by atoms with Crippen molar-refractivity contribution >= 4 is 0 Å². The summed E-state index contributed by atoms with van der Waals surface area (Å²) in [5.41, 5.74) is 2.26. The summed E-state index contributed by atoms with van der Waals surface area (Å²) in [7, 11) is 0. The first kappa shape index (κ1) is 13.7. The molecule has 2 nitrogen and oxygen atoms in total. The van der Waals surface area contributed by atoms with E-state index in [1.165, 1.54) is 50.9 Å². The summed E-state index contributed by atoms with van der Waals surface area (Å²) in [5, 5.41) is 3.46. The van der Waals surface area contributed by atoms with Gasteiger partial charge in [-0.3, -0.25) is 4.90 Å². The molecule has 1 unspecified atom stereocenters. The molecule has 0 aromatic heterocycles. The lowest BCUT2D eigenvalue weighted by molar-refractivity contribution is 0.142. The first-order valence-corrected chi connectivity index (χ1v) is 8.56. The quantitative estimate of drug-likeness (QED) is 0.914. The molecule has 1 heterocycles. The third kappa shape index (κ3) is 2.74. The van der Waals surface area contributed by atoms with Crippen molar-refractivity contribution in [1.82, 2.24) is 10.2 Å². The minimum Gasteiger partial charge on any atom is -0.317 e. The van der Waals surface area contributed by atoms with Gasteiger partial charge in [-0.15, -0.1) is 0 Å². The van der Waals surface area contributed by atoms with Crippen molar-refractivity contribution in [3.8, 4) is 0 Å². The van der Waals surface area contributed by atoms with Crippen LogP contribution in [0.2, 0.25) is 0 Å². The maximum Gasteiger partial charge on any atom is 0.126 e. The van der Waals surface area contributed by atoms with E-state index in [0.29, 0.717) is 6.04 Å². The number of fused-ring (bicyclic) bond motifs is 1. The van der Waals surface area contributed by atoms with Gasteiger partial charge in [0, 0.05) is 18.6 Å². The molecule has 0 bridgehead atoms. The zero-order valence-corrected chi connectivity index (χ0v) is 12.7. The number of rotatable bonds is 4. The average molecular weight is 288 g/mol. The van der Waals surface area contributed by atoms with Gasteiger partial charge in [-0.1, -0.05) is 12.1 Å². The van der Waals surface area contributed by atoms with Crippen molar-refractivity contribution in [2.45, 2.75) is 50.6 Å². The van der Waals surface area contributed by atoms with Gasteiger partial charge in [-0.05, 0) is 74.7 Å². The van der Waals surface area contributed by atoms with Gasteiger partial charge >= 0.3 is 0 Å². The molecule has 1 N–H and O–H groups in total. The van der Waals surface area contributed by atoms with Crippen molar-refractivity contribution in [2.75, 3.05) is 19.6 Å². The molecule has 4 rings (SSSR count). The van der Waals surface area contributed by atoms with E-state index in [1.54, 1.807) is 6.07 Å². The van der Waals surface area contributed by atoms with Crippen LogP contribution < -0.4 is 5.32 Å². The van der Waals surface area contributed by atoms with Gasteiger partial charge in [0.15, 0.2) is 0 Å². The van der Waals surface area contributed by atoms with E-state index in [1.807, 2.05) is 6.07 Å². The molecule has 1 aliphatic heterocycles. The molecule has 3 aliphatic rings. The molecule has 1 saturated heterocycles. The molecule has 0 spiro atoms. The van der Waals surface area contributed by atoms with E-state index in [0.717, 1.165) is 30.4 Å². The predicted octanol–water partition coefficient (Wildman–Crippen LogP) is 3.28. The lowest BCUT2D eigenvalue weighted by Crippen LogP contribution is -2.38. The summed E-state index contributed by atoms with van der Waals surface area (Å²) >= 11 is 0. The van der Waals surface area contributed by atoms with Crippen molar-refractivity contribution in [1.29, 1.82) is 0 Å². The molecule has 0 radical (unpaired) electrons. The Balaban J connectivity index is 1.54. The Morgan fingerprint density at radius 2 is 1.90 bits per heavy atom. The second-order valence-corrected chi connectivity index (χ2v) is 6.98. The maximum atomic E-state index is 14.0. The normalized spacial score (nSPS) is 26.3. The van der Waals surface area contributed by atoms with E-state index in [9.17, 15) is 4.39 Å². The Kier molecular flexibility index (Phi) is 3.72. The molecule has 1 aromatic rings. The summed E-state index contributed by atoms with van der Waals surface area (Å²) in [6.45, 7) is 3.55. The van der Waals surface area contributed by atoms with E-state index in [4.69, 9.17) is 0 Å². The summed E-state index contributed by atoms with van der Waals surface area (Å²) in [6, 6.07) is 6.91. The molecule has 1 aromatic carbocycles. The number of piperidine rings is 1. The summed E-state index contributed by atoms with van der Waals surface area (Å²) in [6.07, 6.45) is 7.30. The summed E-state index contributed by atoms with van der Waals surface area (Å²) < 4.78 is 14.0. The Bertz CT molecular complexity index is 506. The van der Waals surface area contributed by atoms with Gasteiger partial charge in [-0.25, -0.2) is 4.39 Å². The van der Waals surface area contributed by atoms with Crippen LogP contribution in [0.15, 0.2) is 18.2 Å². The lowest BCUT2D eigenvalue weighted by Gasteiger charge is -2.34. The molecule has 2 aliphatic carbocycles. The molecule has 1 saturated carbocycles. The van der Waals surface area contributed by atoms with E-state index < -0.39 is 0 Å². The van der Waals surface area contributed by atoms with Crippen LogP contribution in [0.4, 0.5) is 4.39 Å². The Morgan fingerprint density at radius 3 is 2.67 bits per heavy atom. The van der Waals surface area contributed by atoms with Crippen LogP contribution in [-0.2, 0) is 6.42 Å². The summed E-state index contributed by atoms with van der Waals surface area (Å²) in [4.78, 5) is 2.72. The van der Waals surface area contributed by atoms with Crippen LogP contribution in [-0.4, -0.2) is 30.6 Å². The number of benzene rings is 1. The minimum absolute atomic E-state index is 0.00705. The van der Waals surface area contributed by atoms with E-state index in [2.05, 4.69) is 16.3 Å². The zero-order chi connectivity index (χ0) is 14.2. The number of hydrogen-bond acceptors (Lipinski definition) is 2. The van der Waals surface area contributed by atoms with Crippen LogP contribution in [0, 0.1) is 11.7 Å². The average Bonchev–Trinajstić information content (AvgIpc) is 3.26. The third-order valence-electron chi connectivity index (χ3n) is 5.53. The Labute approximate surface area is 126 Å². The van der Waals surface area contributed by atoms with Crippen molar-refractivity contribution in [2.24, 2.45) is 5.92 Å². The van der Waals surface area contributed by atoms with Gasteiger partial charge in [0.05, 0.1) is 0 Å². The Morgan fingerprint density at radius 1 is 1.10 bits per heavy atom. The first-order chi connectivity index (χ1) is 10.3. The minimum atomic E-state index is 0.00705. The highest BCUT2D eigenvalue weighted by molar-refractivity contribution is 5.36. The number of halogens is 1. The molecular formula is C18H25FN2. The van der Waals surface area contributed by atoms with Gasteiger partial charge in [-0.2, -0.15) is 0 Å². The van der Waals surface area contributed by atoms with Crippen molar-refractivity contribution in [3.63, 3.8) is 0 Å². The highest BCUT2D eigenvalue weighted by Gasteiger charge is 2.39. The molecule has 3 heteroatoms. The lowest BCUT2D eigenvalue weighted by atomic mass is 9.96. The predicted molar refractivity (Wildman–Crippen MR) is 82.8 cm³/mol. The second kappa shape index (κ2) is 5.69. The first-order valence-electron chi connectivity index (χ1n) is 8.56. The fourth-order valence-electron chi connectivity index (χ4n) is 4.23. The maximum absolute atomic E-state index is 14.0. The zero-order valence-electron chi connectivity index (χ0n) is 12.7. The third-order valence-corrected chi connectivity index (χ3v) is 5.53. The van der Waals surface area contributed by atoms with E-state index in [-0.39, 0.29) is 5.82 Å². The van der Waals surface area contributed by atoms with Crippen LogP contribution in [0.25, 0.3) is 0 Å². The topological polar surface area (TPSA) is 15.3 Å². The highest BCUT2D eigenvalue weighted by Crippen LogP contribution is 2.43. The summed E-state index contributed by atoms with van der Waals surface area (Å²) in [5.74, 6) is 0.831. The number of nitrogens with one attached hydrogen (secondary N) is 1. The smallest absolute Gasteiger partial charge is 0.126 e. The largest absolute Gasteiger partial charge is 0.317 e. The molecule has 2 fully saturated rings. The molecule has 0 amide bonds. The molecular weight excluding hydrogens is 263 g/mol. The van der Waals surface area contributed by atoms with Gasteiger partial charge in [0.2, 0.25) is 0 Å². The van der Waals surface area contributed by atoms with Crippen LogP contribution in [0.3, 0.4) is 0 Å². The molecule has 114 valence electrons. The second-order valence-electron chi connectivity index (χ2n) is 6.98. The van der Waals surface area contributed by atoms with Crippen LogP contribution in [0.5, 0.6) is 0 Å². The van der Waals surface area contributed by atoms with Crippen LogP contribution in [0.1, 0.15) is 49.3 Å². The fraction of sp³-hybridized carbons (Fsp3) is 0.667. The molecule has 21 heavy (non-hydrogen) atoms. The monoisotopic (exact) mass is 288 g/mol. The highest BCUT2D eigenvalue weighted by atomic mass is 19.1. The van der Waals surface area contributed by atoms with E-state index >= 15 is 0 Å². The van der Waals surface area contributed by atoms with Crippen LogP contribution >= 0.6 is 0 Å². The SMILES string of the molecule is Fc1cccc2c1CCC2N(CC1CCNCC1)C1CC1.